The van der Waals surface area contributed by atoms with Gasteiger partial charge in [0.2, 0.25) is 0 Å². The van der Waals surface area contributed by atoms with Crippen molar-refractivity contribution in [3.8, 4) is 11.5 Å². The van der Waals surface area contributed by atoms with Crippen LogP contribution in [0.2, 0.25) is 0 Å². The maximum atomic E-state index is 11.0. The van der Waals surface area contributed by atoms with Crippen molar-refractivity contribution in [2.75, 3.05) is 26.4 Å². The second kappa shape index (κ2) is 10.5. The Bertz CT molecular complexity index is 737. The highest BCUT2D eigenvalue weighted by molar-refractivity contribution is 5.93. The number of ether oxygens (including phenoxy) is 4. The molecule has 2 N–H and O–H groups in total. The van der Waals surface area contributed by atoms with Crippen molar-refractivity contribution in [2.24, 2.45) is 0 Å². The first kappa shape index (κ1) is 21.5. The lowest BCUT2D eigenvalue weighted by atomic mass is 10.1. The summed E-state index contributed by atoms with van der Waals surface area (Å²) in [6.45, 7) is 1.83. The first-order chi connectivity index (χ1) is 13.4. The lowest BCUT2D eigenvalue weighted by Crippen LogP contribution is -2.27. The zero-order chi connectivity index (χ0) is 20.5. The van der Waals surface area contributed by atoms with Crippen LogP contribution in [0.3, 0.4) is 0 Å². The molecule has 0 fully saturated rings. The van der Waals surface area contributed by atoms with Crippen LogP contribution in [0.4, 0.5) is 0 Å². The van der Waals surface area contributed by atoms with Crippen LogP contribution in [0.15, 0.2) is 36.4 Å². The molecule has 0 spiro atoms. The zero-order valence-electron chi connectivity index (χ0n) is 15.8. The maximum Gasteiger partial charge on any atom is 0.303 e. The van der Waals surface area contributed by atoms with E-state index in [-0.39, 0.29) is 26.4 Å². The van der Waals surface area contributed by atoms with Crippen molar-refractivity contribution in [3.05, 3.63) is 36.4 Å². The van der Waals surface area contributed by atoms with E-state index in [0.717, 1.165) is 10.8 Å². The van der Waals surface area contributed by atoms with E-state index in [2.05, 4.69) is 0 Å². The molecule has 8 heteroatoms. The fourth-order valence-corrected chi connectivity index (χ4v) is 2.59. The van der Waals surface area contributed by atoms with Gasteiger partial charge in [-0.1, -0.05) is 24.3 Å². The van der Waals surface area contributed by atoms with E-state index in [1.165, 1.54) is 13.8 Å². The number of hydrogen-bond donors (Lipinski definition) is 2. The Morgan fingerprint density at radius 1 is 0.786 bits per heavy atom. The molecule has 0 heterocycles. The molecule has 0 saturated heterocycles. The molecule has 2 atom stereocenters. The van der Waals surface area contributed by atoms with Gasteiger partial charge in [0.05, 0.1) is 13.2 Å². The van der Waals surface area contributed by atoms with Gasteiger partial charge in [-0.05, 0) is 12.1 Å². The van der Waals surface area contributed by atoms with E-state index in [0.29, 0.717) is 11.5 Å². The Balaban J connectivity index is 2.15. The lowest BCUT2D eigenvalue weighted by molar-refractivity contribution is -0.150. The van der Waals surface area contributed by atoms with Gasteiger partial charge in [0.25, 0.3) is 0 Å². The SMILES string of the molecule is CC(=O)OC(CO)COc1cccc2c(OCC(CO)OC(C)=O)cccc12. The second-order valence-electron chi connectivity index (χ2n) is 6.06. The average Bonchev–Trinajstić information content (AvgIpc) is 2.67. The average molecular weight is 392 g/mol. The minimum Gasteiger partial charge on any atom is -0.489 e. The van der Waals surface area contributed by atoms with Gasteiger partial charge in [-0.25, -0.2) is 0 Å². The Hall–Kier alpha value is -2.84. The zero-order valence-corrected chi connectivity index (χ0v) is 15.8. The Kier molecular flexibility index (Phi) is 8.03. The number of rotatable bonds is 10. The number of aliphatic hydroxyl groups is 2. The molecule has 2 unspecified atom stereocenters. The van der Waals surface area contributed by atoms with Crippen molar-refractivity contribution >= 4 is 22.7 Å². The van der Waals surface area contributed by atoms with Crippen molar-refractivity contribution in [2.45, 2.75) is 26.1 Å². The molecule has 0 bridgehead atoms. The van der Waals surface area contributed by atoms with E-state index < -0.39 is 24.1 Å². The fourth-order valence-electron chi connectivity index (χ4n) is 2.59. The summed E-state index contributed by atoms with van der Waals surface area (Å²) in [6, 6.07) is 10.7. The molecule has 0 aliphatic heterocycles. The highest BCUT2D eigenvalue weighted by Gasteiger charge is 2.15. The van der Waals surface area contributed by atoms with Gasteiger partial charge in [-0.2, -0.15) is 0 Å². The molecule has 2 aromatic rings. The van der Waals surface area contributed by atoms with Gasteiger partial charge in [0.1, 0.15) is 24.7 Å². The molecule has 0 aromatic heterocycles. The highest BCUT2D eigenvalue weighted by Crippen LogP contribution is 2.32. The predicted molar refractivity (Wildman–Crippen MR) is 100 cm³/mol. The summed E-state index contributed by atoms with van der Waals surface area (Å²) in [5.41, 5.74) is 0. The minimum absolute atomic E-state index is 0.000678. The van der Waals surface area contributed by atoms with Gasteiger partial charge in [0.15, 0.2) is 12.2 Å². The third-order valence-electron chi connectivity index (χ3n) is 3.76. The molecular formula is C20H24O8. The van der Waals surface area contributed by atoms with Crippen LogP contribution in [0, 0.1) is 0 Å². The molecule has 0 aliphatic rings. The highest BCUT2D eigenvalue weighted by atomic mass is 16.6. The summed E-state index contributed by atoms with van der Waals surface area (Å²) >= 11 is 0. The van der Waals surface area contributed by atoms with Gasteiger partial charge in [-0.15, -0.1) is 0 Å². The van der Waals surface area contributed by atoms with Gasteiger partial charge >= 0.3 is 11.9 Å². The number of fused-ring (bicyclic) bond motifs is 1. The lowest BCUT2D eigenvalue weighted by Gasteiger charge is -2.18. The van der Waals surface area contributed by atoms with Crippen LogP contribution in [0.5, 0.6) is 11.5 Å². The molecule has 28 heavy (non-hydrogen) atoms. The number of aliphatic hydroxyl groups excluding tert-OH is 2. The summed E-state index contributed by atoms with van der Waals surface area (Å²) in [5, 5.41) is 20.1. The molecule has 0 radical (unpaired) electrons. The molecule has 152 valence electrons. The van der Waals surface area contributed by atoms with E-state index in [9.17, 15) is 19.8 Å². The van der Waals surface area contributed by atoms with E-state index in [1.807, 2.05) is 12.1 Å². The van der Waals surface area contributed by atoms with Crippen LogP contribution in [0.25, 0.3) is 10.8 Å². The molecule has 0 amide bonds. The normalized spacial score (nSPS) is 12.9. The van der Waals surface area contributed by atoms with E-state index in [4.69, 9.17) is 18.9 Å². The van der Waals surface area contributed by atoms with Crippen molar-refractivity contribution in [1.82, 2.24) is 0 Å². The largest absolute Gasteiger partial charge is 0.489 e. The molecule has 2 rings (SSSR count). The third-order valence-corrected chi connectivity index (χ3v) is 3.76. The maximum absolute atomic E-state index is 11.0. The summed E-state index contributed by atoms with van der Waals surface area (Å²) in [4.78, 5) is 22.1. The summed E-state index contributed by atoms with van der Waals surface area (Å²) in [6.07, 6.45) is -1.53. The number of esters is 2. The quantitative estimate of drug-likeness (QED) is 0.585. The summed E-state index contributed by atoms with van der Waals surface area (Å²) < 4.78 is 21.4. The number of carbonyl (C=O) groups excluding carboxylic acids is 2. The first-order valence-electron chi connectivity index (χ1n) is 8.78. The topological polar surface area (TPSA) is 112 Å². The molecule has 0 aliphatic carbocycles. The fraction of sp³-hybridized carbons (Fsp3) is 0.400. The summed E-state index contributed by atoms with van der Waals surface area (Å²) in [7, 11) is 0. The van der Waals surface area contributed by atoms with Crippen LogP contribution >= 0.6 is 0 Å². The van der Waals surface area contributed by atoms with E-state index >= 15 is 0 Å². The third kappa shape index (κ3) is 6.11. The van der Waals surface area contributed by atoms with Gasteiger partial charge < -0.3 is 29.2 Å². The van der Waals surface area contributed by atoms with Gasteiger partial charge in [-0.3, -0.25) is 9.59 Å². The Labute approximate surface area is 162 Å². The molecule has 0 saturated carbocycles. The molecule has 2 aromatic carbocycles. The second-order valence-corrected chi connectivity index (χ2v) is 6.06. The minimum atomic E-state index is -0.763. The van der Waals surface area contributed by atoms with Crippen LogP contribution in [0.1, 0.15) is 13.8 Å². The Morgan fingerprint density at radius 2 is 1.18 bits per heavy atom. The number of carbonyl (C=O) groups is 2. The van der Waals surface area contributed by atoms with Gasteiger partial charge in [0, 0.05) is 24.6 Å². The monoisotopic (exact) mass is 392 g/mol. The smallest absolute Gasteiger partial charge is 0.303 e. The summed E-state index contributed by atoms with van der Waals surface area (Å²) in [5.74, 6) is 0.0736. The Morgan fingerprint density at radius 3 is 1.50 bits per heavy atom. The van der Waals surface area contributed by atoms with Crippen molar-refractivity contribution < 1.29 is 38.7 Å². The van der Waals surface area contributed by atoms with Crippen LogP contribution < -0.4 is 9.47 Å². The number of hydrogen-bond acceptors (Lipinski definition) is 8. The number of benzene rings is 2. The van der Waals surface area contributed by atoms with Crippen molar-refractivity contribution in [1.29, 1.82) is 0 Å². The van der Waals surface area contributed by atoms with Crippen molar-refractivity contribution in [3.63, 3.8) is 0 Å². The molecule has 8 nitrogen and oxygen atoms in total. The van der Waals surface area contributed by atoms with E-state index in [1.54, 1.807) is 24.3 Å². The first-order valence-corrected chi connectivity index (χ1v) is 8.78. The predicted octanol–water partition coefficient (Wildman–Crippen LogP) is 1.45. The van der Waals surface area contributed by atoms with Crippen LogP contribution in [-0.4, -0.2) is 60.8 Å². The standard InChI is InChI=1S/C20H24O8/c1-13(23)27-15(9-21)11-25-19-7-3-6-18-17(19)5-4-8-20(18)26-12-16(10-22)28-14(2)24/h3-8,15-16,21-22H,9-12H2,1-2H3. The van der Waals surface area contributed by atoms with Crippen LogP contribution in [-0.2, 0) is 19.1 Å². The molecular weight excluding hydrogens is 368 g/mol.